The largest absolute Gasteiger partial charge is 0.332 e. The van der Waals surface area contributed by atoms with Crippen molar-refractivity contribution in [2.75, 3.05) is 0 Å². The first-order valence-electron chi connectivity index (χ1n) is 8.53. The summed E-state index contributed by atoms with van der Waals surface area (Å²) < 4.78 is 2.90. The zero-order valence-electron chi connectivity index (χ0n) is 15.0. The van der Waals surface area contributed by atoms with Gasteiger partial charge in [-0.05, 0) is 52.5 Å². The second kappa shape index (κ2) is 7.86. The number of aromatic nitrogens is 3. The molecule has 136 valence electrons. The fraction of sp³-hybridized carbons (Fsp3) is 0.316. The van der Waals surface area contributed by atoms with Gasteiger partial charge in [-0.25, -0.2) is 9.78 Å². The smallest absolute Gasteiger partial charge is 0.315 e. The minimum atomic E-state index is -0.230. The van der Waals surface area contributed by atoms with Crippen LogP contribution in [-0.2, 0) is 6.54 Å². The van der Waals surface area contributed by atoms with Crippen LogP contribution in [0.5, 0.6) is 0 Å². The lowest BCUT2D eigenvalue weighted by atomic mass is 9.97. The fourth-order valence-electron chi connectivity index (χ4n) is 2.84. The summed E-state index contributed by atoms with van der Waals surface area (Å²) in [6, 6.07) is 7.39. The van der Waals surface area contributed by atoms with Crippen molar-refractivity contribution in [2.24, 2.45) is 5.92 Å². The van der Waals surface area contributed by atoms with Crippen LogP contribution in [0.2, 0.25) is 0 Å². The van der Waals surface area contributed by atoms with E-state index < -0.39 is 0 Å². The number of carbonyl (C=O) groups excluding carboxylic acids is 1. The second-order valence-electron chi connectivity index (χ2n) is 6.60. The van der Waals surface area contributed by atoms with Crippen LogP contribution in [0.4, 0.5) is 4.79 Å². The molecule has 7 heteroatoms. The molecular formula is C19H22BrN5O. The third-order valence-corrected chi connectivity index (χ3v) is 4.66. The van der Waals surface area contributed by atoms with E-state index in [0.29, 0.717) is 6.54 Å². The Kier molecular flexibility index (Phi) is 5.56. The normalized spacial score (nSPS) is 12.3. The number of nitrogens with one attached hydrogen (secondary N) is 2. The van der Waals surface area contributed by atoms with Gasteiger partial charge in [0.05, 0.1) is 24.0 Å². The van der Waals surface area contributed by atoms with Crippen LogP contribution in [0.15, 0.2) is 47.3 Å². The van der Waals surface area contributed by atoms with Gasteiger partial charge in [0, 0.05) is 23.1 Å². The van der Waals surface area contributed by atoms with E-state index in [9.17, 15) is 4.79 Å². The van der Waals surface area contributed by atoms with Gasteiger partial charge in [-0.2, -0.15) is 0 Å². The van der Waals surface area contributed by atoms with Crippen LogP contribution in [-0.4, -0.2) is 20.4 Å². The molecule has 0 aliphatic carbocycles. The summed E-state index contributed by atoms with van der Waals surface area (Å²) >= 11 is 3.44. The maximum Gasteiger partial charge on any atom is 0.315 e. The summed E-state index contributed by atoms with van der Waals surface area (Å²) in [6.45, 7) is 6.50. The molecule has 0 spiro atoms. The lowest BCUT2D eigenvalue weighted by Gasteiger charge is -2.23. The van der Waals surface area contributed by atoms with Gasteiger partial charge >= 0.3 is 6.03 Å². The topological polar surface area (TPSA) is 71.3 Å². The number of aryl methyl sites for hydroxylation is 1. The first kappa shape index (κ1) is 18.4. The van der Waals surface area contributed by atoms with Gasteiger partial charge in [-0.1, -0.05) is 19.9 Å². The van der Waals surface area contributed by atoms with Crippen molar-refractivity contribution >= 4 is 27.6 Å². The van der Waals surface area contributed by atoms with Crippen molar-refractivity contribution in [3.63, 3.8) is 0 Å². The lowest BCUT2D eigenvalue weighted by Crippen LogP contribution is -2.40. The molecule has 3 aromatic rings. The summed E-state index contributed by atoms with van der Waals surface area (Å²) in [5.41, 5.74) is 3.61. The number of rotatable bonds is 5. The van der Waals surface area contributed by atoms with Crippen molar-refractivity contribution in [3.8, 4) is 0 Å². The highest BCUT2D eigenvalue weighted by Gasteiger charge is 2.21. The maximum absolute atomic E-state index is 12.4. The molecule has 0 aliphatic rings. The van der Waals surface area contributed by atoms with E-state index in [1.54, 1.807) is 6.20 Å². The number of carbonyl (C=O) groups is 1. The summed E-state index contributed by atoms with van der Waals surface area (Å²) in [5, 5.41) is 5.92. The van der Waals surface area contributed by atoms with E-state index in [1.807, 2.05) is 48.0 Å². The van der Waals surface area contributed by atoms with Gasteiger partial charge in [-0.3, -0.25) is 4.98 Å². The third-order valence-electron chi connectivity index (χ3n) is 4.19. The molecule has 0 bridgehead atoms. The molecule has 3 heterocycles. The SMILES string of the molecule is Cc1cccnc1C(NC(=O)NCc1cn2cc(Br)ccc2n1)C(C)C. The Morgan fingerprint density at radius 2 is 2.08 bits per heavy atom. The first-order valence-corrected chi connectivity index (χ1v) is 9.32. The molecule has 2 amide bonds. The summed E-state index contributed by atoms with van der Waals surface area (Å²) in [4.78, 5) is 21.3. The van der Waals surface area contributed by atoms with Crippen molar-refractivity contribution in [2.45, 2.75) is 33.4 Å². The minimum absolute atomic E-state index is 0.145. The van der Waals surface area contributed by atoms with Gasteiger partial charge < -0.3 is 15.0 Å². The van der Waals surface area contributed by atoms with Crippen LogP contribution in [0.1, 0.15) is 36.8 Å². The number of imidazole rings is 1. The zero-order valence-corrected chi connectivity index (χ0v) is 16.6. The maximum atomic E-state index is 12.4. The standard InChI is InChI=1S/C19H22BrN5O/c1-12(2)17(18-13(3)5-4-8-21-18)24-19(26)22-9-15-11-25-10-14(20)6-7-16(25)23-15/h4-8,10-12,17H,9H2,1-3H3,(H2,22,24,26). The molecule has 6 nitrogen and oxygen atoms in total. The second-order valence-corrected chi connectivity index (χ2v) is 7.51. The lowest BCUT2D eigenvalue weighted by molar-refractivity contribution is 0.232. The molecule has 3 aromatic heterocycles. The third kappa shape index (κ3) is 4.22. The van der Waals surface area contributed by atoms with Crippen molar-refractivity contribution in [3.05, 3.63) is 64.3 Å². The molecule has 0 aliphatic heterocycles. The quantitative estimate of drug-likeness (QED) is 0.661. The van der Waals surface area contributed by atoms with E-state index in [-0.39, 0.29) is 18.0 Å². The number of pyridine rings is 2. The number of hydrogen-bond acceptors (Lipinski definition) is 3. The van der Waals surface area contributed by atoms with Crippen molar-refractivity contribution in [1.29, 1.82) is 0 Å². The monoisotopic (exact) mass is 415 g/mol. The Labute approximate surface area is 161 Å². The van der Waals surface area contributed by atoms with Crippen LogP contribution < -0.4 is 10.6 Å². The summed E-state index contributed by atoms with van der Waals surface area (Å²) in [5.74, 6) is 0.224. The Morgan fingerprint density at radius 1 is 1.27 bits per heavy atom. The van der Waals surface area contributed by atoms with Crippen LogP contribution in [0.25, 0.3) is 5.65 Å². The molecule has 26 heavy (non-hydrogen) atoms. The van der Waals surface area contributed by atoms with Crippen molar-refractivity contribution < 1.29 is 4.79 Å². The Hall–Kier alpha value is -2.41. The molecule has 0 aromatic carbocycles. The van der Waals surface area contributed by atoms with Gasteiger partial charge in [0.1, 0.15) is 5.65 Å². The van der Waals surface area contributed by atoms with E-state index in [0.717, 1.165) is 27.1 Å². The minimum Gasteiger partial charge on any atom is -0.332 e. The molecule has 2 N–H and O–H groups in total. The molecule has 0 saturated heterocycles. The molecule has 1 atom stereocenters. The highest BCUT2D eigenvalue weighted by Crippen LogP contribution is 2.22. The Morgan fingerprint density at radius 3 is 2.81 bits per heavy atom. The Balaban J connectivity index is 1.65. The van der Waals surface area contributed by atoms with Crippen molar-refractivity contribution in [1.82, 2.24) is 25.0 Å². The van der Waals surface area contributed by atoms with Gasteiger partial charge in [0.25, 0.3) is 0 Å². The van der Waals surface area contributed by atoms with Gasteiger partial charge in [0.15, 0.2) is 0 Å². The van der Waals surface area contributed by atoms with Gasteiger partial charge in [-0.15, -0.1) is 0 Å². The highest BCUT2D eigenvalue weighted by atomic mass is 79.9. The first-order chi connectivity index (χ1) is 12.4. The zero-order chi connectivity index (χ0) is 18.7. The van der Waals surface area contributed by atoms with Crippen LogP contribution in [0, 0.1) is 12.8 Å². The molecular weight excluding hydrogens is 394 g/mol. The molecule has 3 rings (SSSR count). The van der Waals surface area contributed by atoms with E-state index in [4.69, 9.17) is 0 Å². The molecule has 1 unspecified atom stereocenters. The Bertz CT molecular complexity index is 921. The molecule has 0 radical (unpaired) electrons. The number of nitrogens with zero attached hydrogens (tertiary/aromatic N) is 3. The summed E-state index contributed by atoms with van der Waals surface area (Å²) in [7, 11) is 0. The number of urea groups is 1. The molecule has 0 fully saturated rings. The average molecular weight is 416 g/mol. The van der Waals surface area contributed by atoms with E-state index in [1.165, 1.54) is 0 Å². The molecule has 0 saturated carbocycles. The number of amides is 2. The number of fused-ring (bicyclic) bond motifs is 1. The van der Waals surface area contributed by atoms with E-state index >= 15 is 0 Å². The van der Waals surface area contributed by atoms with Crippen LogP contribution in [0.3, 0.4) is 0 Å². The predicted octanol–water partition coefficient (Wildman–Crippen LogP) is 4.00. The highest BCUT2D eigenvalue weighted by molar-refractivity contribution is 9.10. The average Bonchev–Trinajstić information content (AvgIpc) is 3.00. The van der Waals surface area contributed by atoms with Gasteiger partial charge in [0.2, 0.25) is 0 Å². The number of halogens is 1. The number of hydrogen-bond donors (Lipinski definition) is 2. The van der Waals surface area contributed by atoms with E-state index in [2.05, 4.69) is 50.4 Å². The summed E-state index contributed by atoms with van der Waals surface area (Å²) in [6.07, 6.45) is 5.60. The fourth-order valence-corrected chi connectivity index (χ4v) is 3.19. The predicted molar refractivity (Wildman–Crippen MR) is 105 cm³/mol. The van der Waals surface area contributed by atoms with Crippen LogP contribution >= 0.6 is 15.9 Å².